The van der Waals surface area contributed by atoms with Crippen molar-refractivity contribution in [2.24, 2.45) is 5.92 Å². The van der Waals surface area contributed by atoms with Gasteiger partial charge in [-0.2, -0.15) is 0 Å². The van der Waals surface area contributed by atoms with Crippen molar-refractivity contribution in [3.8, 4) is 0 Å². The van der Waals surface area contributed by atoms with E-state index in [4.69, 9.17) is 0 Å². The molecule has 0 heterocycles. The van der Waals surface area contributed by atoms with Crippen LogP contribution in [0.25, 0.3) is 0 Å². The van der Waals surface area contributed by atoms with Crippen LogP contribution in [0.5, 0.6) is 0 Å². The van der Waals surface area contributed by atoms with Crippen molar-refractivity contribution >= 4 is 18.7 Å². The van der Waals surface area contributed by atoms with Gasteiger partial charge in [0.1, 0.15) is 0 Å². The summed E-state index contributed by atoms with van der Waals surface area (Å²) in [6.07, 6.45) is 1.45. The van der Waals surface area contributed by atoms with Crippen molar-refractivity contribution in [1.82, 2.24) is 10.1 Å². The minimum Gasteiger partial charge on any atom is -0.328 e. The van der Waals surface area contributed by atoms with Gasteiger partial charge in [-0.15, -0.1) is 0 Å². The van der Waals surface area contributed by atoms with Crippen LogP contribution in [0.4, 0.5) is 0 Å². The molecule has 0 spiro atoms. The number of nitrogens with zero attached hydrogens (tertiary/aromatic N) is 1. The summed E-state index contributed by atoms with van der Waals surface area (Å²) in [5.74, 6) is 0.128. The Morgan fingerprint density at radius 2 is 1.72 bits per heavy atom. The lowest BCUT2D eigenvalue weighted by molar-refractivity contribution is -0.139. The first-order valence-corrected chi connectivity index (χ1v) is 6.87. The van der Waals surface area contributed by atoms with E-state index >= 15 is 0 Å². The normalized spacial score (nSPS) is 10.9. The topological polar surface area (TPSA) is 49.4 Å². The Kier molecular flexibility index (Phi) is 7.91. The van der Waals surface area contributed by atoms with E-state index in [1.165, 1.54) is 4.81 Å². The molecule has 0 saturated heterocycles. The van der Waals surface area contributed by atoms with Gasteiger partial charge in [-0.1, -0.05) is 41.4 Å². The minimum absolute atomic E-state index is 0.0603. The molecule has 1 N–H and O–H groups in total. The number of imide groups is 1. The van der Waals surface area contributed by atoms with Gasteiger partial charge in [0.25, 0.3) is 6.85 Å². The Hall–Kier alpha value is -0.835. The monoisotopic (exact) mass is 254 g/mol. The highest BCUT2D eigenvalue weighted by Crippen LogP contribution is 2.08. The number of hydrogen-bond donors (Lipinski definition) is 1. The van der Waals surface area contributed by atoms with E-state index in [9.17, 15) is 9.59 Å². The standard InChI is InChI=1S/C13H27BN2O2/c1-7-12(17)16(13(18)8-10(2)3)14(6)9-15-11(4)5/h10-11,15H,7-9H2,1-6H3. The van der Waals surface area contributed by atoms with Crippen LogP contribution in [-0.2, 0) is 9.59 Å². The zero-order chi connectivity index (χ0) is 14.3. The lowest BCUT2D eigenvalue weighted by atomic mass is 9.62. The van der Waals surface area contributed by atoms with E-state index in [0.717, 1.165) is 0 Å². The van der Waals surface area contributed by atoms with Gasteiger partial charge >= 0.3 is 0 Å². The van der Waals surface area contributed by atoms with Crippen LogP contribution in [0.3, 0.4) is 0 Å². The predicted molar refractivity (Wildman–Crippen MR) is 76.4 cm³/mol. The molecule has 5 heteroatoms. The first-order chi connectivity index (χ1) is 8.29. The van der Waals surface area contributed by atoms with Gasteiger partial charge in [-0.3, -0.25) is 9.59 Å². The van der Waals surface area contributed by atoms with Gasteiger partial charge in [0.05, 0.1) is 0 Å². The Morgan fingerprint density at radius 3 is 2.11 bits per heavy atom. The molecule has 0 fully saturated rings. The Bertz CT molecular complexity index is 280. The molecule has 0 aliphatic carbocycles. The fourth-order valence-corrected chi connectivity index (χ4v) is 1.75. The SMILES string of the molecule is CCC(=O)N(B(C)CNC(C)C)C(=O)CC(C)C. The molecule has 104 valence electrons. The molecule has 0 saturated carbocycles. The molecule has 0 aromatic carbocycles. The van der Waals surface area contributed by atoms with Crippen molar-refractivity contribution in [2.45, 2.75) is 60.3 Å². The minimum atomic E-state index is -0.0916. The van der Waals surface area contributed by atoms with Crippen LogP contribution in [0.1, 0.15) is 47.5 Å². The van der Waals surface area contributed by atoms with Gasteiger partial charge in [-0.25, -0.2) is 0 Å². The molecule has 0 bridgehead atoms. The highest BCUT2D eigenvalue weighted by atomic mass is 16.2. The zero-order valence-electron chi connectivity index (χ0n) is 12.6. The molecule has 4 nitrogen and oxygen atoms in total. The van der Waals surface area contributed by atoms with Gasteiger partial charge in [0.15, 0.2) is 0 Å². The number of carbonyl (C=O) groups excluding carboxylic acids is 2. The maximum Gasteiger partial charge on any atom is 0.278 e. The smallest absolute Gasteiger partial charge is 0.278 e. The summed E-state index contributed by atoms with van der Waals surface area (Å²) in [5, 5.41) is 3.27. The zero-order valence-corrected chi connectivity index (χ0v) is 12.6. The first kappa shape index (κ1) is 17.2. The van der Waals surface area contributed by atoms with E-state index in [1.54, 1.807) is 6.92 Å². The third kappa shape index (κ3) is 6.19. The molecule has 0 rings (SSSR count). The summed E-state index contributed by atoms with van der Waals surface area (Å²) in [6.45, 7) is 11.7. The second kappa shape index (κ2) is 8.30. The van der Waals surface area contributed by atoms with Crippen LogP contribution in [0.15, 0.2) is 0 Å². The van der Waals surface area contributed by atoms with Crippen molar-refractivity contribution in [3.05, 3.63) is 0 Å². The van der Waals surface area contributed by atoms with Crippen molar-refractivity contribution in [3.63, 3.8) is 0 Å². The Labute approximate surface area is 112 Å². The highest BCUT2D eigenvalue weighted by molar-refractivity contribution is 6.60. The van der Waals surface area contributed by atoms with Crippen LogP contribution in [-0.4, -0.2) is 36.0 Å². The highest BCUT2D eigenvalue weighted by Gasteiger charge is 2.28. The second-order valence-electron chi connectivity index (χ2n) is 5.52. The van der Waals surface area contributed by atoms with Crippen molar-refractivity contribution < 1.29 is 9.59 Å². The average Bonchev–Trinajstić information content (AvgIpc) is 2.25. The Balaban J connectivity index is 4.66. The fourth-order valence-electron chi connectivity index (χ4n) is 1.75. The Morgan fingerprint density at radius 1 is 1.17 bits per heavy atom. The number of carbonyl (C=O) groups is 2. The van der Waals surface area contributed by atoms with Gasteiger partial charge in [0, 0.05) is 18.9 Å². The maximum absolute atomic E-state index is 12.1. The maximum atomic E-state index is 12.1. The van der Waals surface area contributed by atoms with E-state index in [-0.39, 0.29) is 24.6 Å². The summed E-state index contributed by atoms with van der Waals surface area (Å²) < 4.78 is 0. The number of rotatable bonds is 7. The second-order valence-corrected chi connectivity index (χ2v) is 5.52. The van der Waals surface area contributed by atoms with Crippen LogP contribution >= 0.6 is 0 Å². The summed E-state index contributed by atoms with van der Waals surface area (Å²) in [7, 11) is 0. The van der Waals surface area contributed by atoms with Gasteiger partial charge in [-0.05, 0) is 12.4 Å². The molecule has 0 aliphatic rings. The average molecular weight is 254 g/mol. The summed E-state index contributed by atoms with van der Waals surface area (Å²) in [4.78, 5) is 25.4. The number of hydrogen-bond acceptors (Lipinski definition) is 3. The largest absolute Gasteiger partial charge is 0.328 e. The van der Waals surface area contributed by atoms with Crippen LogP contribution in [0.2, 0.25) is 6.82 Å². The van der Waals surface area contributed by atoms with Crippen LogP contribution in [0, 0.1) is 5.92 Å². The summed E-state index contributed by atoms with van der Waals surface area (Å²) >= 11 is 0. The van der Waals surface area contributed by atoms with E-state index in [0.29, 0.717) is 25.3 Å². The molecule has 18 heavy (non-hydrogen) atoms. The molecule has 0 aromatic heterocycles. The summed E-state index contributed by atoms with van der Waals surface area (Å²) in [6, 6.07) is 0.353. The first-order valence-electron chi connectivity index (χ1n) is 6.87. The van der Waals surface area contributed by atoms with Gasteiger partial charge in [0.2, 0.25) is 11.8 Å². The lowest BCUT2D eigenvalue weighted by Crippen LogP contribution is -2.52. The lowest BCUT2D eigenvalue weighted by Gasteiger charge is -2.27. The van der Waals surface area contributed by atoms with Gasteiger partial charge < -0.3 is 10.1 Å². The number of amides is 2. The summed E-state index contributed by atoms with van der Waals surface area (Å²) in [5.41, 5.74) is 0. The molecule has 0 aliphatic heterocycles. The molecule has 0 aromatic rings. The van der Waals surface area contributed by atoms with E-state index in [2.05, 4.69) is 19.2 Å². The quantitative estimate of drug-likeness (QED) is 0.706. The molecule has 2 amide bonds. The molecule has 0 radical (unpaired) electrons. The third-order valence-electron chi connectivity index (χ3n) is 2.68. The molecular weight excluding hydrogens is 227 g/mol. The predicted octanol–water partition coefficient (Wildman–Crippen LogP) is 1.96. The van der Waals surface area contributed by atoms with Crippen molar-refractivity contribution in [1.29, 1.82) is 0 Å². The fraction of sp³-hybridized carbons (Fsp3) is 0.846. The molecule has 0 unspecified atom stereocenters. The van der Waals surface area contributed by atoms with E-state index in [1.807, 2.05) is 20.7 Å². The van der Waals surface area contributed by atoms with E-state index < -0.39 is 0 Å². The molecular formula is C13H27BN2O2. The van der Waals surface area contributed by atoms with Crippen molar-refractivity contribution in [2.75, 3.05) is 6.44 Å². The molecule has 0 atom stereocenters. The van der Waals surface area contributed by atoms with Crippen LogP contribution < -0.4 is 5.32 Å². The number of nitrogens with one attached hydrogen (secondary N) is 1. The third-order valence-corrected chi connectivity index (χ3v) is 2.68.